The molecule has 0 saturated heterocycles. The molecule has 0 unspecified atom stereocenters. The molecule has 118 valence electrons. The van der Waals surface area contributed by atoms with E-state index in [4.69, 9.17) is 5.14 Å². The summed E-state index contributed by atoms with van der Waals surface area (Å²) in [6.07, 6.45) is 2.79. The number of unbranched alkanes of at least 4 members (excludes halogenated alkanes) is 2. The van der Waals surface area contributed by atoms with Crippen LogP contribution >= 0.6 is 0 Å². The Balaban J connectivity index is 3.11. The molecule has 7 heteroatoms. The number of rotatable bonds is 6. The van der Waals surface area contributed by atoms with Crippen molar-refractivity contribution >= 4 is 15.9 Å². The van der Waals surface area contributed by atoms with Gasteiger partial charge in [-0.2, -0.15) is 0 Å². The van der Waals surface area contributed by atoms with Crippen molar-refractivity contribution in [2.24, 2.45) is 5.14 Å². The second kappa shape index (κ2) is 7.00. The molecule has 21 heavy (non-hydrogen) atoms. The van der Waals surface area contributed by atoms with Gasteiger partial charge in [-0.05, 0) is 31.0 Å². The Morgan fingerprint density at radius 1 is 1.33 bits per heavy atom. The lowest BCUT2D eigenvalue weighted by Crippen LogP contribution is -2.29. The second-order valence-electron chi connectivity index (χ2n) is 5.08. The van der Waals surface area contributed by atoms with Gasteiger partial charge in [0.2, 0.25) is 10.0 Å². The van der Waals surface area contributed by atoms with Crippen molar-refractivity contribution in [3.8, 4) is 0 Å². The summed E-state index contributed by atoms with van der Waals surface area (Å²) in [6, 6.07) is 2.12. The number of hydrogen-bond donors (Lipinski definition) is 1. The summed E-state index contributed by atoms with van der Waals surface area (Å²) in [5, 5.41) is 5.04. The summed E-state index contributed by atoms with van der Waals surface area (Å²) in [5.74, 6) is -1.26. The van der Waals surface area contributed by atoms with E-state index in [-0.39, 0.29) is 16.0 Å². The van der Waals surface area contributed by atoms with Crippen molar-refractivity contribution in [1.29, 1.82) is 0 Å². The molecule has 0 aromatic heterocycles. The lowest BCUT2D eigenvalue weighted by molar-refractivity contribution is 0.0787. The van der Waals surface area contributed by atoms with Crippen molar-refractivity contribution in [2.45, 2.75) is 38.0 Å². The van der Waals surface area contributed by atoms with Crippen LogP contribution in [0.4, 0.5) is 4.39 Å². The number of carbonyl (C=O) groups is 1. The molecule has 0 bridgehead atoms. The molecule has 0 aliphatic carbocycles. The highest BCUT2D eigenvalue weighted by Crippen LogP contribution is 2.20. The number of hydrogen-bond acceptors (Lipinski definition) is 3. The third kappa shape index (κ3) is 4.50. The molecule has 0 aliphatic rings. The van der Waals surface area contributed by atoms with Crippen LogP contribution < -0.4 is 5.14 Å². The molecule has 0 atom stereocenters. The predicted molar refractivity (Wildman–Crippen MR) is 79.0 cm³/mol. The summed E-state index contributed by atoms with van der Waals surface area (Å²) in [4.78, 5) is 13.4. The molecule has 1 rings (SSSR count). The number of carbonyl (C=O) groups excluding carboxylic acids is 1. The first-order chi connectivity index (χ1) is 9.68. The molecule has 0 spiro atoms. The van der Waals surface area contributed by atoms with Crippen LogP contribution in [0, 0.1) is 12.7 Å². The molecule has 2 N–H and O–H groups in total. The van der Waals surface area contributed by atoms with Gasteiger partial charge in [-0.25, -0.2) is 17.9 Å². The van der Waals surface area contributed by atoms with E-state index in [1.165, 1.54) is 11.8 Å². The molecule has 1 aromatic carbocycles. The van der Waals surface area contributed by atoms with Crippen LogP contribution in [0.3, 0.4) is 0 Å². The van der Waals surface area contributed by atoms with Crippen LogP contribution in [0.1, 0.15) is 42.1 Å². The standard InChI is InChI=1S/C14H21FN2O3S/c1-4-5-6-7-17(3)14(18)12-9-11(21(16,19)20)8-10(2)13(12)15/h8-9H,4-7H2,1-3H3,(H2,16,19,20). The fourth-order valence-corrected chi connectivity index (χ4v) is 2.59. The Morgan fingerprint density at radius 2 is 1.95 bits per heavy atom. The van der Waals surface area contributed by atoms with Gasteiger partial charge in [0.25, 0.3) is 5.91 Å². The Kier molecular flexibility index (Phi) is 5.86. The van der Waals surface area contributed by atoms with E-state index in [0.717, 1.165) is 31.4 Å². The Morgan fingerprint density at radius 3 is 2.48 bits per heavy atom. The van der Waals surface area contributed by atoms with Crippen molar-refractivity contribution in [1.82, 2.24) is 4.90 Å². The van der Waals surface area contributed by atoms with E-state index >= 15 is 0 Å². The zero-order chi connectivity index (χ0) is 16.2. The maximum atomic E-state index is 14.1. The fourth-order valence-electron chi connectivity index (χ4n) is 1.96. The van der Waals surface area contributed by atoms with Gasteiger partial charge in [-0.1, -0.05) is 19.8 Å². The summed E-state index contributed by atoms with van der Waals surface area (Å²) in [7, 11) is -2.42. The van der Waals surface area contributed by atoms with Gasteiger partial charge in [0, 0.05) is 13.6 Å². The lowest BCUT2D eigenvalue weighted by atomic mass is 10.1. The summed E-state index contributed by atoms with van der Waals surface area (Å²) in [5.41, 5.74) is -0.190. The number of primary sulfonamides is 1. The van der Waals surface area contributed by atoms with Crippen LogP contribution in [0.2, 0.25) is 0 Å². The minimum Gasteiger partial charge on any atom is -0.342 e. The quantitative estimate of drug-likeness (QED) is 0.816. The van der Waals surface area contributed by atoms with Gasteiger partial charge in [0.1, 0.15) is 5.82 Å². The molecule has 0 fully saturated rings. The van der Waals surface area contributed by atoms with Gasteiger partial charge in [0.15, 0.2) is 0 Å². The fraction of sp³-hybridized carbons (Fsp3) is 0.500. The SMILES string of the molecule is CCCCCN(C)C(=O)c1cc(S(N)(=O)=O)cc(C)c1F. The lowest BCUT2D eigenvalue weighted by Gasteiger charge is -2.18. The Bertz CT molecular complexity index is 629. The topological polar surface area (TPSA) is 80.5 Å². The summed E-state index contributed by atoms with van der Waals surface area (Å²) in [6.45, 7) is 3.93. The molecule has 0 saturated carbocycles. The van der Waals surface area contributed by atoms with Crippen LogP contribution in [0.25, 0.3) is 0 Å². The largest absolute Gasteiger partial charge is 0.342 e. The zero-order valence-electron chi connectivity index (χ0n) is 12.5. The van der Waals surface area contributed by atoms with Crippen LogP contribution in [-0.4, -0.2) is 32.8 Å². The van der Waals surface area contributed by atoms with Gasteiger partial charge in [0.05, 0.1) is 10.5 Å². The summed E-state index contributed by atoms with van der Waals surface area (Å²) >= 11 is 0. The number of sulfonamides is 1. The van der Waals surface area contributed by atoms with E-state index in [2.05, 4.69) is 0 Å². The highest BCUT2D eigenvalue weighted by molar-refractivity contribution is 7.89. The molecule has 1 aromatic rings. The number of nitrogens with zero attached hydrogens (tertiary/aromatic N) is 1. The van der Waals surface area contributed by atoms with Gasteiger partial charge in [-0.3, -0.25) is 4.79 Å². The third-order valence-electron chi connectivity index (χ3n) is 3.23. The highest BCUT2D eigenvalue weighted by atomic mass is 32.2. The van der Waals surface area contributed by atoms with E-state index in [1.54, 1.807) is 7.05 Å². The van der Waals surface area contributed by atoms with E-state index in [1.807, 2.05) is 6.92 Å². The van der Waals surface area contributed by atoms with Crippen LogP contribution in [-0.2, 0) is 10.0 Å². The molecule has 1 amide bonds. The van der Waals surface area contributed by atoms with Crippen molar-refractivity contribution < 1.29 is 17.6 Å². The third-order valence-corrected chi connectivity index (χ3v) is 4.12. The average molecular weight is 316 g/mol. The number of nitrogens with two attached hydrogens (primary N) is 1. The molecule has 0 radical (unpaired) electrons. The van der Waals surface area contributed by atoms with Gasteiger partial charge >= 0.3 is 0 Å². The number of halogens is 1. The minimum atomic E-state index is -3.98. The number of benzene rings is 1. The maximum Gasteiger partial charge on any atom is 0.256 e. The number of amides is 1. The second-order valence-corrected chi connectivity index (χ2v) is 6.64. The van der Waals surface area contributed by atoms with E-state index in [9.17, 15) is 17.6 Å². The zero-order valence-corrected chi connectivity index (χ0v) is 13.3. The first kappa shape index (κ1) is 17.6. The highest BCUT2D eigenvalue weighted by Gasteiger charge is 2.21. The predicted octanol–water partition coefficient (Wildman–Crippen LogP) is 2.04. The van der Waals surface area contributed by atoms with Crippen molar-refractivity contribution in [3.05, 3.63) is 29.1 Å². The van der Waals surface area contributed by atoms with Gasteiger partial charge in [-0.15, -0.1) is 0 Å². The smallest absolute Gasteiger partial charge is 0.256 e. The van der Waals surface area contributed by atoms with Crippen LogP contribution in [0.15, 0.2) is 17.0 Å². The molecule has 0 aliphatic heterocycles. The molecular formula is C14H21FN2O3S. The van der Waals surface area contributed by atoms with E-state index in [0.29, 0.717) is 6.54 Å². The molecule has 0 heterocycles. The first-order valence-electron chi connectivity index (χ1n) is 6.77. The summed E-state index contributed by atoms with van der Waals surface area (Å²) < 4.78 is 36.9. The normalized spacial score (nSPS) is 11.5. The number of aryl methyl sites for hydroxylation is 1. The monoisotopic (exact) mass is 316 g/mol. The van der Waals surface area contributed by atoms with Gasteiger partial charge < -0.3 is 4.90 Å². The van der Waals surface area contributed by atoms with Crippen LogP contribution in [0.5, 0.6) is 0 Å². The first-order valence-corrected chi connectivity index (χ1v) is 8.31. The maximum absolute atomic E-state index is 14.1. The Hall–Kier alpha value is -1.47. The van der Waals surface area contributed by atoms with E-state index < -0.39 is 21.7 Å². The van der Waals surface area contributed by atoms with Crippen molar-refractivity contribution in [3.63, 3.8) is 0 Å². The average Bonchev–Trinajstić information content (AvgIpc) is 2.39. The molecular weight excluding hydrogens is 295 g/mol. The Labute approximate surface area is 125 Å². The molecule has 5 nitrogen and oxygen atoms in total. The minimum absolute atomic E-state index is 0.0758. The van der Waals surface area contributed by atoms with Crippen molar-refractivity contribution in [2.75, 3.05) is 13.6 Å².